The van der Waals surface area contributed by atoms with E-state index < -0.39 is 8.32 Å². The summed E-state index contributed by atoms with van der Waals surface area (Å²) in [5.74, 6) is 0. The summed E-state index contributed by atoms with van der Waals surface area (Å²) in [7, 11) is -0.181. The van der Waals surface area contributed by atoms with Gasteiger partial charge in [-0.15, -0.1) is 0 Å². The molecule has 1 aromatic carbocycles. The molecule has 1 N–H and O–H groups in total. The maximum Gasteiger partial charge on any atom is 0.230 e. The number of hydrogen-bond donors (Lipinski definition) is 1. The van der Waals surface area contributed by atoms with E-state index in [9.17, 15) is 4.80 Å². The van der Waals surface area contributed by atoms with Gasteiger partial charge in [-0.25, -0.2) is 0 Å². The highest BCUT2D eigenvalue weighted by atomic mass is 28.4. The molecule has 0 bridgehead atoms. The zero-order chi connectivity index (χ0) is 10.3. The van der Waals surface area contributed by atoms with Crippen molar-refractivity contribution < 1.29 is 4.80 Å². The van der Waals surface area contributed by atoms with E-state index in [2.05, 4.69) is 22.8 Å². The van der Waals surface area contributed by atoms with Gasteiger partial charge in [0.05, 0.1) is 0 Å². The maximum absolute atomic E-state index is 10.1. The Balaban J connectivity index is 2.75. The Kier molecular flexibility index (Phi) is 2.01. The van der Waals surface area contributed by atoms with E-state index in [1.54, 1.807) is 0 Å². The Morgan fingerprint density at radius 2 is 1.86 bits per heavy atom. The van der Waals surface area contributed by atoms with Crippen molar-refractivity contribution in [2.24, 2.45) is 7.05 Å². The van der Waals surface area contributed by atoms with Crippen molar-refractivity contribution in [3.05, 3.63) is 30.3 Å². The fourth-order valence-electron chi connectivity index (χ4n) is 1.88. The molecule has 2 rings (SSSR count). The molecule has 0 aliphatic heterocycles. The highest BCUT2D eigenvalue weighted by Crippen LogP contribution is 2.14. The van der Waals surface area contributed by atoms with Gasteiger partial charge in [0.25, 0.3) is 0 Å². The smallest absolute Gasteiger partial charge is 0.230 e. The summed E-state index contributed by atoms with van der Waals surface area (Å²) in [6.45, 7) is 3.89. The first-order valence-electron chi connectivity index (χ1n) is 4.77. The molecule has 14 heavy (non-hydrogen) atoms. The SMILES string of the molecule is Cn1c([Si](C)(C)O)cc2ccccc21. The van der Waals surface area contributed by atoms with Crippen LogP contribution in [0, 0.1) is 0 Å². The molecule has 3 heteroatoms. The van der Waals surface area contributed by atoms with Gasteiger partial charge in [-0.05, 0) is 30.6 Å². The predicted octanol–water partition coefficient (Wildman–Crippen LogP) is 1.58. The monoisotopic (exact) mass is 205 g/mol. The number of aryl methyl sites for hydroxylation is 1. The average Bonchev–Trinajstić information content (AvgIpc) is 2.44. The molecule has 0 saturated carbocycles. The third kappa shape index (κ3) is 1.38. The lowest BCUT2D eigenvalue weighted by molar-refractivity contribution is 0.565. The topological polar surface area (TPSA) is 25.2 Å². The molecule has 2 nitrogen and oxygen atoms in total. The third-order valence-electron chi connectivity index (χ3n) is 2.58. The van der Waals surface area contributed by atoms with Crippen LogP contribution in [0.1, 0.15) is 0 Å². The number of aromatic nitrogens is 1. The average molecular weight is 205 g/mol. The molecular weight excluding hydrogens is 190 g/mol. The molecule has 2 aromatic rings. The highest BCUT2D eigenvalue weighted by molar-refractivity contribution is 6.82. The lowest BCUT2D eigenvalue weighted by atomic mass is 10.2. The second-order valence-corrected chi connectivity index (χ2v) is 7.84. The van der Waals surface area contributed by atoms with Crippen molar-refractivity contribution >= 4 is 24.5 Å². The second-order valence-electron chi connectivity index (χ2n) is 4.21. The van der Waals surface area contributed by atoms with E-state index in [0.29, 0.717) is 0 Å². The van der Waals surface area contributed by atoms with Gasteiger partial charge < -0.3 is 9.36 Å². The lowest BCUT2D eigenvalue weighted by Crippen LogP contribution is -2.45. The molecule has 0 unspecified atom stereocenters. The normalized spacial score (nSPS) is 12.3. The van der Waals surface area contributed by atoms with E-state index in [4.69, 9.17) is 0 Å². The van der Waals surface area contributed by atoms with E-state index in [1.807, 2.05) is 32.3 Å². The summed E-state index contributed by atoms with van der Waals surface area (Å²) >= 11 is 0. The predicted molar refractivity (Wildman–Crippen MR) is 62.3 cm³/mol. The number of nitrogens with zero attached hydrogens (tertiary/aromatic N) is 1. The van der Waals surface area contributed by atoms with Gasteiger partial charge in [0, 0.05) is 17.9 Å². The molecule has 1 heterocycles. The van der Waals surface area contributed by atoms with Gasteiger partial charge >= 0.3 is 0 Å². The maximum atomic E-state index is 10.1. The van der Waals surface area contributed by atoms with Crippen molar-refractivity contribution in [2.75, 3.05) is 0 Å². The van der Waals surface area contributed by atoms with Crippen molar-refractivity contribution in [1.82, 2.24) is 4.57 Å². The van der Waals surface area contributed by atoms with Crippen molar-refractivity contribution in [1.29, 1.82) is 0 Å². The first-order chi connectivity index (χ1) is 6.50. The van der Waals surface area contributed by atoms with Crippen LogP contribution in [0.5, 0.6) is 0 Å². The first kappa shape index (κ1) is 9.49. The molecule has 0 spiro atoms. The Labute approximate surface area is 84.9 Å². The quantitative estimate of drug-likeness (QED) is 0.703. The van der Waals surface area contributed by atoms with Crippen LogP contribution in [0.4, 0.5) is 0 Å². The Morgan fingerprint density at radius 3 is 2.43 bits per heavy atom. The van der Waals surface area contributed by atoms with Crippen molar-refractivity contribution in [3.8, 4) is 0 Å². The minimum Gasteiger partial charge on any atom is -0.427 e. The Hall–Kier alpha value is -1.06. The standard InChI is InChI=1S/C11H15NOSi/c1-12-10-7-5-4-6-9(10)8-11(12)14(2,3)13/h4-8,13H,1-3H3. The van der Waals surface area contributed by atoms with Crippen LogP contribution in [-0.4, -0.2) is 17.7 Å². The number of rotatable bonds is 1. The minimum atomic E-state index is -2.20. The van der Waals surface area contributed by atoms with Gasteiger partial charge in [0.15, 0.2) is 0 Å². The summed E-state index contributed by atoms with van der Waals surface area (Å²) in [6, 6.07) is 10.3. The van der Waals surface area contributed by atoms with E-state index in [0.717, 1.165) is 5.32 Å². The molecule has 0 aliphatic rings. The van der Waals surface area contributed by atoms with Crippen LogP contribution in [0.3, 0.4) is 0 Å². The van der Waals surface area contributed by atoms with Crippen LogP contribution in [0.25, 0.3) is 10.9 Å². The van der Waals surface area contributed by atoms with Gasteiger partial charge in [-0.1, -0.05) is 18.2 Å². The molecule has 0 fully saturated rings. The number of benzene rings is 1. The van der Waals surface area contributed by atoms with Gasteiger partial charge in [-0.2, -0.15) is 0 Å². The van der Waals surface area contributed by atoms with Crippen LogP contribution in [0.2, 0.25) is 13.1 Å². The number of hydrogen-bond acceptors (Lipinski definition) is 1. The molecule has 0 saturated heterocycles. The number of fused-ring (bicyclic) bond motifs is 1. The molecule has 0 amide bonds. The summed E-state index contributed by atoms with van der Waals surface area (Å²) < 4.78 is 2.10. The van der Waals surface area contributed by atoms with Crippen LogP contribution >= 0.6 is 0 Å². The molecule has 0 radical (unpaired) electrons. The lowest BCUT2D eigenvalue weighted by Gasteiger charge is -2.15. The fraction of sp³-hybridized carbons (Fsp3) is 0.273. The Morgan fingerprint density at radius 1 is 1.21 bits per heavy atom. The molecule has 74 valence electrons. The van der Waals surface area contributed by atoms with E-state index >= 15 is 0 Å². The summed E-state index contributed by atoms with van der Waals surface area (Å²) in [5, 5.41) is 2.29. The van der Waals surface area contributed by atoms with E-state index in [-0.39, 0.29) is 0 Å². The van der Waals surface area contributed by atoms with Gasteiger partial charge in [0.1, 0.15) is 0 Å². The minimum absolute atomic E-state index is 1.08. The summed E-state index contributed by atoms with van der Waals surface area (Å²) in [4.78, 5) is 10.1. The Bertz CT molecular complexity index is 468. The third-order valence-corrected chi connectivity index (χ3v) is 4.31. The fourth-order valence-corrected chi connectivity index (χ4v) is 3.33. The van der Waals surface area contributed by atoms with Gasteiger partial charge in [0.2, 0.25) is 8.32 Å². The van der Waals surface area contributed by atoms with Crippen LogP contribution in [-0.2, 0) is 7.05 Å². The number of para-hydroxylation sites is 1. The van der Waals surface area contributed by atoms with Crippen molar-refractivity contribution in [3.63, 3.8) is 0 Å². The van der Waals surface area contributed by atoms with Crippen molar-refractivity contribution in [2.45, 2.75) is 13.1 Å². The molecule has 0 atom stereocenters. The zero-order valence-corrected chi connectivity index (χ0v) is 9.78. The van der Waals surface area contributed by atoms with Crippen LogP contribution in [0.15, 0.2) is 30.3 Å². The summed E-state index contributed by atoms with van der Waals surface area (Å²) in [5.41, 5.74) is 1.19. The molecule has 0 aliphatic carbocycles. The van der Waals surface area contributed by atoms with Crippen LogP contribution < -0.4 is 5.32 Å². The summed E-state index contributed by atoms with van der Waals surface area (Å²) in [6.07, 6.45) is 0. The van der Waals surface area contributed by atoms with Gasteiger partial charge in [-0.3, -0.25) is 0 Å². The molecular formula is C11H15NOSi. The second kappa shape index (κ2) is 2.97. The highest BCUT2D eigenvalue weighted by Gasteiger charge is 2.24. The zero-order valence-electron chi connectivity index (χ0n) is 8.78. The first-order valence-corrected chi connectivity index (χ1v) is 7.72. The molecule has 1 aromatic heterocycles. The van der Waals surface area contributed by atoms with E-state index in [1.165, 1.54) is 10.9 Å². The largest absolute Gasteiger partial charge is 0.427 e.